The number of halogens is 2. The molecule has 27 heavy (non-hydrogen) atoms. The molecule has 0 saturated carbocycles. The first kappa shape index (κ1) is 22.8. The Morgan fingerprint density at radius 2 is 1.67 bits per heavy atom. The van der Waals surface area contributed by atoms with E-state index in [1.165, 1.54) is 0 Å². The molecular formula is C19H24Cl2N4O2. The van der Waals surface area contributed by atoms with Gasteiger partial charge >= 0.3 is 6.03 Å². The second-order valence-corrected chi connectivity index (χ2v) is 6.08. The molecule has 0 aliphatic rings. The van der Waals surface area contributed by atoms with Gasteiger partial charge in [0.1, 0.15) is 0 Å². The van der Waals surface area contributed by atoms with E-state index in [0.717, 1.165) is 23.4 Å². The standard InChI is InChI=1S/C19H23ClN4O2.ClH/c1-2-21-12-15-5-3-4-6-17(15)24-18(25)13-23-19(26)22-11-14-7-9-16(20)10-8-14;/h3-10,21H,2,11-13H2,1H3,(H,24,25)(H2,22,23,26);1H. The third-order valence-electron chi connectivity index (χ3n) is 3.63. The number of urea groups is 1. The van der Waals surface area contributed by atoms with Crippen LogP contribution in [0.4, 0.5) is 10.5 Å². The molecule has 2 aromatic carbocycles. The minimum absolute atomic E-state index is 0. The number of hydrogen-bond donors (Lipinski definition) is 4. The molecule has 0 atom stereocenters. The summed E-state index contributed by atoms with van der Waals surface area (Å²) in [6, 6.07) is 14.3. The lowest BCUT2D eigenvalue weighted by Gasteiger charge is -2.12. The molecule has 0 saturated heterocycles. The van der Waals surface area contributed by atoms with E-state index >= 15 is 0 Å². The Labute approximate surface area is 170 Å². The molecule has 0 aliphatic heterocycles. The lowest BCUT2D eigenvalue weighted by molar-refractivity contribution is -0.115. The maximum Gasteiger partial charge on any atom is 0.315 e. The second kappa shape index (κ2) is 12.2. The smallest absolute Gasteiger partial charge is 0.315 e. The van der Waals surface area contributed by atoms with Gasteiger partial charge in [-0.1, -0.05) is 48.9 Å². The lowest BCUT2D eigenvalue weighted by atomic mass is 10.1. The van der Waals surface area contributed by atoms with E-state index in [0.29, 0.717) is 18.1 Å². The van der Waals surface area contributed by atoms with Gasteiger partial charge in [0.15, 0.2) is 0 Å². The van der Waals surface area contributed by atoms with E-state index in [4.69, 9.17) is 11.6 Å². The van der Waals surface area contributed by atoms with Gasteiger partial charge in [-0.3, -0.25) is 4.79 Å². The van der Waals surface area contributed by atoms with Crippen molar-refractivity contribution < 1.29 is 9.59 Å². The molecule has 0 radical (unpaired) electrons. The average molecular weight is 411 g/mol. The van der Waals surface area contributed by atoms with Crippen molar-refractivity contribution in [1.82, 2.24) is 16.0 Å². The number of anilines is 1. The molecule has 0 aromatic heterocycles. The second-order valence-electron chi connectivity index (χ2n) is 5.65. The highest BCUT2D eigenvalue weighted by atomic mass is 35.5. The third-order valence-corrected chi connectivity index (χ3v) is 3.88. The molecule has 0 heterocycles. The SMILES string of the molecule is CCNCc1ccccc1NC(=O)CNC(=O)NCc1ccc(Cl)cc1.Cl. The van der Waals surface area contributed by atoms with Crippen LogP contribution in [0.2, 0.25) is 5.02 Å². The summed E-state index contributed by atoms with van der Waals surface area (Å²) < 4.78 is 0. The molecule has 0 aliphatic carbocycles. The summed E-state index contributed by atoms with van der Waals surface area (Å²) in [7, 11) is 0. The molecule has 0 unspecified atom stereocenters. The highest BCUT2D eigenvalue weighted by Crippen LogP contribution is 2.14. The van der Waals surface area contributed by atoms with Gasteiger partial charge in [-0.15, -0.1) is 12.4 Å². The van der Waals surface area contributed by atoms with Gasteiger partial charge in [-0.25, -0.2) is 4.79 Å². The van der Waals surface area contributed by atoms with Crippen LogP contribution in [0.25, 0.3) is 0 Å². The fourth-order valence-electron chi connectivity index (χ4n) is 2.26. The number of para-hydroxylation sites is 1. The number of nitrogens with one attached hydrogen (secondary N) is 4. The van der Waals surface area contributed by atoms with Crippen molar-refractivity contribution in [3.8, 4) is 0 Å². The van der Waals surface area contributed by atoms with E-state index in [-0.39, 0.29) is 24.9 Å². The summed E-state index contributed by atoms with van der Waals surface area (Å²) in [4.78, 5) is 23.9. The monoisotopic (exact) mass is 410 g/mol. The van der Waals surface area contributed by atoms with Gasteiger partial charge in [0.05, 0.1) is 6.54 Å². The summed E-state index contributed by atoms with van der Waals surface area (Å²) in [5.41, 5.74) is 2.66. The fraction of sp³-hybridized carbons (Fsp3) is 0.263. The summed E-state index contributed by atoms with van der Waals surface area (Å²) >= 11 is 5.82. The summed E-state index contributed by atoms with van der Waals surface area (Å²) in [6.07, 6.45) is 0. The van der Waals surface area contributed by atoms with E-state index in [1.54, 1.807) is 12.1 Å². The first-order valence-corrected chi connectivity index (χ1v) is 8.81. The average Bonchev–Trinajstić information content (AvgIpc) is 2.65. The van der Waals surface area contributed by atoms with Crippen molar-refractivity contribution in [2.75, 3.05) is 18.4 Å². The molecule has 146 valence electrons. The van der Waals surface area contributed by atoms with E-state index < -0.39 is 6.03 Å². The van der Waals surface area contributed by atoms with Gasteiger partial charge in [0.25, 0.3) is 0 Å². The number of amides is 3. The van der Waals surface area contributed by atoms with E-state index in [9.17, 15) is 9.59 Å². The van der Waals surface area contributed by atoms with E-state index in [1.807, 2.05) is 43.3 Å². The molecular weight excluding hydrogens is 387 g/mol. The van der Waals surface area contributed by atoms with Crippen molar-refractivity contribution in [1.29, 1.82) is 0 Å². The zero-order valence-corrected chi connectivity index (χ0v) is 16.6. The molecule has 2 aromatic rings. The number of hydrogen-bond acceptors (Lipinski definition) is 3. The highest BCUT2D eigenvalue weighted by molar-refractivity contribution is 6.30. The Kier molecular flexibility index (Phi) is 10.3. The Hall–Kier alpha value is -2.28. The van der Waals surface area contributed by atoms with Gasteiger partial charge in [0, 0.05) is 23.8 Å². The van der Waals surface area contributed by atoms with Crippen molar-refractivity contribution in [2.45, 2.75) is 20.0 Å². The normalized spacial score (nSPS) is 9.85. The summed E-state index contributed by atoms with van der Waals surface area (Å²) in [6.45, 7) is 3.78. The topological polar surface area (TPSA) is 82.3 Å². The van der Waals surface area contributed by atoms with Crippen LogP contribution in [-0.2, 0) is 17.9 Å². The minimum Gasteiger partial charge on any atom is -0.334 e. The molecule has 4 N–H and O–H groups in total. The minimum atomic E-state index is -0.406. The number of rotatable bonds is 8. The summed E-state index contributed by atoms with van der Waals surface area (Å²) in [5.74, 6) is -0.282. The molecule has 3 amide bonds. The zero-order chi connectivity index (χ0) is 18.8. The predicted molar refractivity (Wildman–Crippen MR) is 111 cm³/mol. The predicted octanol–water partition coefficient (Wildman–Crippen LogP) is 3.31. The maximum absolute atomic E-state index is 12.1. The van der Waals surface area contributed by atoms with Crippen LogP contribution in [0, 0.1) is 0 Å². The van der Waals surface area contributed by atoms with Crippen molar-refractivity contribution in [3.05, 3.63) is 64.7 Å². The first-order chi connectivity index (χ1) is 12.6. The van der Waals surface area contributed by atoms with Gasteiger partial charge < -0.3 is 21.3 Å². The molecule has 0 bridgehead atoms. The molecule has 8 heteroatoms. The van der Waals surface area contributed by atoms with Crippen molar-refractivity contribution in [3.63, 3.8) is 0 Å². The lowest BCUT2D eigenvalue weighted by Crippen LogP contribution is -2.39. The van der Waals surface area contributed by atoms with Crippen molar-refractivity contribution in [2.24, 2.45) is 0 Å². The van der Waals surface area contributed by atoms with Crippen LogP contribution in [-0.4, -0.2) is 25.0 Å². The first-order valence-electron chi connectivity index (χ1n) is 8.43. The zero-order valence-electron chi connectivity index (χ0n) is 15.0. The number of carbonyl (C=O) groups excluding carboxylic acids is 2. The Morgan fingerprint density at radius 3 is 2.37 bits per heavy atom. The quantitative estimate of drug-likeness (QED) is 0.538. The maximum atomic E-state index is 12.1. The van der Waals surface area contributed by atoms with Crippen molar-refractivity contribution >= 4 is 41.6 Å². The van der Waals surface area contributed by atoms with Gasteiger partial charge in [-0.05, 0) is 35.9 Å². The van der Waals surface area contributed by atoms with Crippen LogP contribution in [0.15, 0.2) is 48.5 Å². The third kappa shape index (κ3) is 8.30. The van der Waals surface area contributed by atoms with Crippen LogP contribution in [0.5, 0.6) is 0 Å². The fourth-order valence-corrected chi connectivity index (χ4v) is 2.38. The highest BCUT2D eigenvalue weighted by Gasteiger charge is 2.08. The van der Waals surface area contributed by atoms with Gasteiger partial charge in [0.2, 0.25) is 5.91 Å². The van der Waals surface area contributed by atoms with Crippen LogP contribution in [0.1, 0.15) is 18.1 Å². The van der Waals surface area contributed by atoms with E-state index in [2.05, 4.69) is 21.3 Å². The number of carbonyl (C=O) groups is 2. The molecule has 0 spiro atoms. The van der Waals surface area contributed by atoms with Gasteiger partial charge in [-0.2, -0.15) is 0 Å². The van der Waals surface area contributed by atoms with Crippen LogP contribution >= 0.6 is 24.0 Å². The largest absolute Gasteiger partial charge is 0.334 e. The number of benzene rings is 2. The Morgan fingerprint density at radius 1 is 0.963 bits per heavy atom. The molecule has 6 nitrogen and oxygen atoms in total. The molecule has 0 fully saturated rings. The molecule has 2 rings (SSSR count). The summed E-state index contributed by atoms with van der Waals surface area (Å²) in [5, 5.41) is 11.9. The van der Waals surface area contributed by atoms with Crippen LogP contribution in [0.3, 0.4) is 0 Å². The Bertz CT molecular complexity index is 739. The Balaban J connectivity index is 0.00000364. The van der Waals surface area contributed by atoms with Crippen LogP contribution < -0.4 is 21.3 Å².